The molecule has 0 bridgehead atoms. The number of nitrogens with zero attached hydrogens (tertiary/aromatic N) is 3. The molecule has 0 aromatic carbocycles. The van der Waals surface area contributed by atoms with E-state index in [1.54, 1.807) is 7.05 Å². The van der Waals surface area contributed by atoms with Gasteiger partial charge in [0.1, 0.15) is 0 Å². The number of nitrogens with one attached hydrogen (secondary N) is 2. The molecular weight excluding hydrogens is 254 g/mol. The van der Waals surface area contributed by atoms with Crippen LogP contribution in [0.15, 0.2) is 0 Å². The Kier molecular flexibility index (Phi) is 4.54. The summed E-state index contributed by atoms with van der Waals surface area (Å²) in [7, 11) is 1.74. The fourth-order valence-corrected chi connectivity index (χ4v) is 2.30. The van der Waals surface area contributed by atoms with Crippen molar-refractivity contribution in [2.45, 2.75) is 25.9 Å². The summed E-state index contributed by atoms with van der Waals surface area (Å²) in [5, 5.41) is 6.23. The highest BCUT2D eigenvalue weighted by atomic mass is 35.5. The van der Waals surface area contributed by atoms with Crippen molar-refractivity contribution >= 4 is 23.5 Å². The monoisotopic (exact) mass is 271 g/mol. The van der Waals surface area contributed by atoms with Gasteiger partial charge in [-0.25, -0.2) is 0 Å². The zero-order valence-electron chi connectivity index (χ0n) is 10.6. The zero-order chi connectivity index (χ0) is 13.0. The van der Waals surface area contributed by atoms with Gasteiger partial charge in [0, 0.05) is 26.1 Å². The lowest BCUT2D eigenvalue weighted by Gasteiger charge is -2.17. The number of hydrogen-bond donors (Lipinski definition) is 2. The van der Waals surface area contributed by atoms with Gasteiger partial charge in [0.15, 0.2) is 0 Å². The summed E-state index contributed by atoms with van der Waals surface area (Å²) in [5.41, 5.74) is 0. The maximum absolute atomic E-state index is 5.81. The highest BCUT2D eigenvalue weighted by molar-refractivity contribution is 6.28. The summed E-state index contributed by atoms with van der Waals surface area (Å²) in [6, 6.07) is 0. The molecule has 7 heteroatoms. The molecule has 0 spiro atoms. The minimum Gasteiger partial charge on any atom is -0.378 e. The molecule has 1 fully saturated rings. The van der Waals surface area contributed by atoms with E-state index in [1.807, 2.05) is 0 Å². The van der Waals surface area contributed by atoms with E-state index in [-0.39, 0.29) is 5.28 Å². The first-order valence-corrected chi connectivity index (χ1v) is 6.55. The van der Waals surface area contributed by atoms with Crippen LogP contribution in [0.5, 0.6) is 0 Å². The minimum absolute atomic E-state index is 0.187. The molecule has 100 valence electrons. The lowest BCUT2D eigenvalue weighted by Crippen LogP contribution is -2.23. The van der Waals surface area contributed by atoms with E-state index < -0.39 is 0 Å². The van der Waals surface area contributed by atoms with Crippen LogP contribution in [-0.4, -0.2) is 41.3 Å². The Morgan fingerprint density at radius 2 is 2.11 bits per heavy atom. The summed E-state index contributed by atoms with van der Waals surface area (Å²) in [5.74, 6) is 1.47. The van der Waals surface area contributed by atoms with Gasteiger partial charge < -0.3 is 15.4 Å². The highest BCUT2D eigenvalue weighted by Crippen LogP contribution is 2.23. The van der Waals surface area contributed by atoms with Crippen molar-refractivity contribution in [1.29, 1.82) is 0 Å². The first-order valence-electron chi connectivity index (χ1n) is 6.17. The van der Waals surface area contributed by atoms with Crippen molar-refractivity contribution in [3.8, 4) is 0 Å². The fourth-order valence-electron chi connectivity index (χ4n) is 2.14. The molecule has 18 heavy (non-hydrogen) atoms. The Balaban J connectivity index is 1.95. The number of aromatic nitrogens is 3. The number of ether oxygens (including phenoxy) is 1. The topological polar surface area (TPSA) is 72.0 Å². The van der Waals surface area contributed by atoms with Gasteiger partial charge in [-0.15, -0.1) is 0 Å². The minimum atomic E-state index is 0.187. The van der Waals surface area contributed by atoms with Crippen molar-refractivity contribution < 1.29 is 4.74 Å². The van der Waals surface area contributed by atoms with Crippen LogP contribution >= 0.6 is 11.6 Å². The van der Waals surface area contributed by atoms with Crippen molar-refractivity contribution in [3.05, 3.63) is 5.28 Å². The molecule has 2 N–H and O–H groups in total. The Bertz CT molecular complexity index is 403. The van der Waals surface area contributed by atoms with Crippen molar-refractivity contribution in [3.63, 3.8) is 0 Å². The molecular formula is C11H18ClN5O. The van der Waals surface area contributed by atoms with E-state index in [4.69, 9.17) is 16.3 Å². The van der Waals surface area contributed by atoms with Crippen LogP contribution < -0.4 is 10.6 Å². The van der Waals surface area contributed by atoms with Gasteiger partial charge in [0.05, 0.1) is 6.10 Å². The third-order valence-electron chi connectivity index (χ3n) is 3.10. The molecule has 2 atom stereocenters. The molecule has 0 radical (unpaired) electrons. The van der Waals surface area contributed by atoms with Crippen LogP contribution in [0.1, 0.15) is 19.8 Å². The SMILES string of the molecule is CCC1OCCC1CNc1nc(Cl)nc(NC)n1. The normalized spacial score (nSPS) is 23.1. The number of hydrogen-bond acceptors (Lipinski definition) is 6. The molecule has 1 aliphatic rings. The second-order valence-electron chi connectivity index (χ2n) is 4.25. The first kappa shape index (κ1) is 13.3. The third kappa shape index (κ3) is 3.20. The molecule has 0 amide bonds. The summed E-state index contributed by atoms with van der Waals surface area (Å²) in [6.45, 7) is 3.77. The van der Waals surface area contributed by atoms with Gasteiger partial charge in [-0.05, 0) is 24.4 Å². The number of halogens is 1. The van der Waals surface area contributed by atoms with Crippen LogP contribution in [0.25, 0.3) is 0 Å². The third-order valence-corrected chi connectivity index (χ3v) is 3.27. The maximum atomic E-state index is 5.81. The molecule has 1 aromatic heterocycles. The Labute approximate surface area is 112 Å². The zero-order valence-corrected chi connectivity index (χ0v) is 11.4. The Morgan fingerprint density at radius 3 is 2.83 bits per heavy atom. The maximum Gasteiger partial charge on any atom is 0.228 e. The van der Waals surface area contributed by atoms with Crippen molar-refractivity contribution in [2.75, 3.05) is 30.8 Å². The molecule has 0 saturated carbocycles. The first-order chi connectivity index (χ1) is 8.72. The Morgan fingerprint density at radius 1 is 1.33 bits per heavy atom. The average molecular weight is 272 g/mol. The standard InChI is InChI=1S/C11H18ClN5O/c1-3-8-7(4-5-18-8)6-14-11-16-9(12)15-10(13-2)17-11/h7-8H,3-6H2,1-2H3,(H2,13,14,15,16,17). The predicted molar refractivity (Wildman–Crippen MR) is 71.0 cm³/mol. The molecule has 1 saturated heterocycles. The molecule has 2 rings (SSSR count). The van der Waals surface area contributed by atoms with Gasteiger partial charge >= 0.3 is 0 Å². The van der Waals surface area contributed by atoms with E-state index in [1.165, 1.54) is 0 Å². The summed E-state index contributed by atoms with van der Waals surface area (Å²) in [6.07, 6.45) is 2.44. The van der Waals surface area contributed by atoms with Crippen LogP contribution in [0.3, 0.4) is 0 Å². The second kappa shape index (κ2) is 6.15. The molecule has 1 aliphatic heterocycles. The number of anilines is 2. The van der Waals surface area contributed by atoms with Gasteiger partial charge in [0.25, 0.3) is 0 Å². The number of rotatable bonds is 5. The largest absolute Gasteiger partial charge is 0.378 e. The van der Waals surface area contributed by atoms with Crippen LogP contribution in [0.2, 0.25) is 5.28 Å². The quantitative estimate of drug-likeness (QED) is 0.851. The molecule has 2 unspecified atom stereocenters. The summed E-state index contributed by atoms with van der Waals surface area (Å²) < 4.78 is 5.64. The van der Waals surface area contributed by atoms with Crippen LogP contribution in [0, 0.1) is 5.92 Å². The van der Waals surface area contributed by atoms with E-state index in [2.05, 4.69) is 32.5 Å². The molecule has 2 heterocycles. The van der Waals surface area contributed by atoms with Crippen molar-refractivity contribution in [2.24, 2.45) is 5.92 Å². The van der Waals surface area contributed by atoms with E-state index in [0.717, 1.165) is 26.0 Å². The lowest BCUT2D eigenvalue weighted by molar-refractivity contribution is 0.0900. The molecule has 6 nitrogen and oxygen atoms in total. The fraction of sp³-hybridized carbons (Fsp3) is 0.727. The van der Waals surface area contributed by atoms with Gasteiger partial charge in [-0.3, -0.25) is 0 Å². The van der Waals surface area contributed by atoms with E-state index >= 15 is 0 Å². The van der Waals surface area contributed by atoms with Gasteiger partial charge in [-0.1, -0.05) is 6.92 Å². The van der Waals surface area contributed by atoms with Crippen molar-refractivity contribution in [1.82, 2.24) is 15.0 Å². The smallest absolute Gasteiger partial charge is 0.228 e. The average Bonchev–Trinajstić information content (AvgIpc) is 2.83. The lowest BCUT2D eigenvalue weighted by atomic mass is 10.00. The van der Waals surface area contributed by atoms with E-state index in [9.17, 15) is 0 Å². The van der Waals surface area contributed by atoms with Crippen LogP contribution in [-0.2, 0) is 4.74 Å². The second-order valence-corrected chi connectivity index (χ2v) is 4.59. The van der Waals surface area contributed by atoms with E-state index in [0.29, 0.717) is 23.9 Å². The summed E-state index contributed by atoms with van der Waals surface area (Å²) >= 11 is 5.81. The van der Waals surface area contributed by atoms with Gasteiger partial charge in [0.2, 0.25) is 17.2 Å². The molecule has 1 aromatic rings. The Hall–Kier alpha value is -1.14. The highest BCUT2D eigenvalue weighted by Gasteiger charge is 2.26. The molecule has 0 aliphatic carbocycles. The summed E-state index contributed by atoms with van der Waals surface area (Å²) in [4.78, 5) is 12.2. The van der Waals surface area contributed by atoms with Crippen LogP contribution in [0.4, 0.5) is 11.9 Å². The van der Waals surface area contributed by atoms with Gasteiger partial charge in [-0.2, -0.15) is 15.0 Å². The predicted octanol–water partition coefficient (Wildman–Crippen LogP) is 1.79.